The molecule has 2 aliphatic heterocycles. The lowest BCUT2D eigenvalue weighted by Gasteiger charge is -2.34. The standard InChI is InChI=1S/C27H28N8O3/c1-3-23(36)34-20-12-14-21(22(34)15-13-20)16-4-8-19(9-5-16)31-27(38)35-25(28)32-26(33-35)30-18-10-6-17(7-11-18)24(37)29-2/h3-11,14,20,22H,1,12-13,15H2,2H3,(H,29,37)(H,31,38)(H3,28,30,32,33). The van der Waals surface area contributed by atoms with Crippen molar-refractivity contribution in [3.05, 3.63) is 78.4 Å². The van der Waals surface area contributed by atoms with Crippen molar-refractivity contribution < 1.29 is 14.4 Å². The Morgan fingerprint density at radius 1 is 1.05 bits per heavy atom. The van der Waals surface area contributed by atoms with Gasteiger partial charge in [0.05, 0.1) is 6.04 Å². The molecule has 2 aromatic carbocycles. The Kier molecular flexibility index (Phi) is 6.65. The van der Waals surface area contributed by atoms with Crippen LogP contribution in [0.25, 0.3) is 5.57 Å². The normalized spacial score (nSPS) is 17.9. The molecule has 3 amide bonds. The first-order chi connectivity index (χ1) is 18.4. The molecule has 3 heterocycles. The van der Waals surface area contributed by atoms with Gasteiger partial charge in [-0.2, -0.15) is 4.98 Å². The quantitative estimate of drug-likeness (QED) is 0.370. The molecular formula is C27H28N8O3. The number of anilines is 4. The maximum atomic E-state index is 12.8. The van der Waals surface area contributed by atoms with E-state index >= 15 is 0 Å². The van der Waals surface area contributed by atoms with Gasteiger partial charge in [0.15, 0.2) is 0 Å². The maximum absolute atomic E-state index is 12.8. The molecule has 2 unspecified atom stereocenters. The lowest BCUT2D eigenvalue weighted by molar-refractivity contribution is -0.128. The second kappa shape index (κ2) is 10.2. The number of benzene rings is 2. The van der Waals surface area contributed by atoms with Crippen molar-refractivity contribution in [2.45, 2.75) is 31.3 Å². The number of hydrogen-bond acceptors (Lipinski definition) is 7. The fourth-order valence-electron chi connectivity index (χ4n) is 5.00. The second-order valence-corrected chi connectivity index (χ2v) is 9.09. The molecule has 2 bridgehead atoms. The Hall–Kier alpha value is -4.93. The number of nitrogen functional groups attached to an aromatic ring is 1. The number of fused-ring (bicyclic) bond motifs is 2. The van der Waals surface area contributed by atoms with Gasteiger partial charge < -0.3 is 26.6 Å². The minimum absolute atomic E-state index is 0.0350. The molecule has 1 fully saturated rings. The summed E-state index contributed by atoms with van der Waals surface area (Å²) in [5.74, 6) is -0.176. The molecule has 2 aliphatic rings. The maximum Gasteiger partial charge on any atom is 0.349 e. The van der Waals surface area contributed by atoms with Crippen LogP contribution in [0.5, 0.6) is 0 Å². The zero-order valence-corrected chi connectivity index (χ0v) is 20.8. The van der Waals surface area contributed by atoms with Crippen LogP contribution in [-0.4, -0.2) is 56.6 Å². The molecule has 1 aromatic heterocycles. The smallest absolute Gasteiger partial charge is 0.349 e. The summed E-state index contributed by atoms with van der Waals surface area (Å²) in [7, 11) is 1.56. The van der Waals surface area contributed by atoms with Gasteiger partial charge in [-0.05, 0) is 72.9 Å². The zero-order chi connectivity index (χ0) is 26.8. The molecule has 5 rings (SSSR count). The Balaban J connectivity index is 1.25. The summed E-state index contributed by atoms with van der Waals surface area (Å²) in [6.45, 7) is 3.65. The van der Waals surface area contributed by atoms with Crippen LogP contribution < -0.4 is 21.7 Å². The molecule has 11 heteroatoms. The molecular weight excluding hydrogens is 484 g/mol. The van der Waals surface area contributed by atoms with Gasteiger partial charge in [0.1, 0.15) is 0 Å². The molecule has 0 spiro atoms. The van der Waals surface area contributed by atoms with Crippen LogP contribution in [0.4, 0.5) is 28.1 Å². The van der Waals surface area contributed by atoms with Crippen LogP contribution in [0.15, 0.2) is 67.3 Å². The van der Waals surface area contributed by atoms with E-state index < -0.39 is 6.03 Å². The fraction of sp³-hybridized carbons (Fsp3) is 0.222. The van der Waals surface area contributed by atoms with Gasteiger partial charge in [-0.25, -0.2) is 4.79 Å². The zero-order valence-electron chi connectivity index (χ0n) is 20.8. The van der Waals surface area contributed by atoms with Crippen molar-refractivity contribution in [3.8, 4) is 0 Å². The number of nitrogens with two attached hydrogens (primary N) is 1. The number of nitrogens with one attached hydrogen (secondary N) is 3. The fourth-order valence-corrected chi connectivity index (χ4v) is 5.00. The highest BCUT2D eigenvalue weighted by molar-refractivity contribution is 5.94. The Morgan fingerprint density at radius 3 is 2.45 bits per heavy atom. The molecule has 0 aliphatic carbocycles. The van der Waals surface area contributed by atoms with E-state index in [1.165, 1.54) is 6.08 Å². The highest BCUT2D eigenvalue weighted by Crippen LogP contribution is 2.40. The average Bonchev–Trinajstić information content (AvgIpc) is 3.45. The van der Waals surface area contributed by atoms with E-state index in [2.05, 4.69) is 38.7 Å². The van der Waals surface area contributed by atoms with Gasteiger partial charge in [-0.1, -0.05) is 24.8 Å². The summed E-state index contributed by atoms with van der Waals surface area (Å²) in [6.07, 6.45) is 6.32. The Labute approximate surface area is 219 Å². The first-order valence-corrected chi connectivity index (χ1v) is 12.3. The number of aromatic nitrogens is 3. The largest absolute Gasteiger partial charge is 0.368 e. The molecule has 5 N–H and O–H groups in total. The van der Waals surface area contributed by atoms with Gasteiger partial charge in [0.25, 0.3) is 5.91 Å². The lowest BCUT2D eigenvalue weighted by Crippen LogP contribution is -2.42. The monoisotopic (exact) mass is 512 g/mol. The minimum atomic E-state index is -0.566. The third-order valence-corrected chi connectivity index (χ3v) is 6.82. The van der Waals surface area contributed by atoms with E-state index in [9.17, 15) is 14.4 Å². The van der Waals surface area contributed by atoms with Crippen LogP contribution in [0.1, 0.15) is 35.2 Å². The van der Waals surface area contributed by atoms with Crippen LogP contribution in [0.2, 0.25) is 0 Å². The third-order valence-electron chi connectivity index (χ3n) is 6.82. The number of amides is 3. The number of hydrogen-bond donors (Lipinski definition) is 4. The van der Waals surface area contributed by atoms with Gasteiger partial charge in [0.2, 0.25) is 17.8 Å². The molecule has 194 valence electrons. The third kappa shape index (κ3) is 4.73. The van der Waals surface area contributed by atoms with E-state index in [0.29, 0.717) is 16.9 Å². The van der Waals surface area contributed by atoms with Crippen molar-refractivity contribution in [2.24, 2.45) is 0 Å². The van der Waals surface area contributed by atoms with E-state index in [1.807, 2.05) is 17.0 Å². The van der Waals surface area contributed by atoms with Gasteiger partial charge in [-0.3, -0.25) is 9.59 Å². The molecule has 0 radical (unpaired) electrons. The molecule has 1 saturated heterocycles. The molecule has 2 atom stereocenters. The highest BCUT2D eigenvalue weighted by atomic mass is 16.2. The van der Waals surface area contributed by atoms with Gasteiger partial charge in [0, 0.05) is 30.0 Å². The van der Waals surface area contributed by atoms with E-state index in [1.54, 1.807) is 43.4 Å². The number of carbonyl (C=O) groups excluding carboxylic acids is 3. The number of rotatable bonds is 6. The molecule has 38 heavy (non-hydrogen) atoms. The van der Waals surface area contributed by atoms with E-state index in [0.717, 1.165) is 35.1 Å². The van der Waals surface area contributed by atoms with Gasteiger partial charge in [-0.15, -0.1) is 9.78 Å². The Morgan fingerprint density at radius 2 is 1.76 bits per heavy atom. The summed E-state index contributed by atoms with van der Waals surface area (Å²) in [4.78, 5) is 42.9. The number of carbonyl (C=O) groups is 3. The van der Waals surface area contributed by atoms with Crippen LogP contribution in [0.3, 0.4) is 0 Å². The Bertz CT molecular complexity index is 1430. The predicted molar refractivity (Wildman–Crippen MR) is 145 cm³/mol. The van der Waals surface area contributed by atoms with Crippen molar-refractivity contribution >= 4 is 46.7 Å². The number of nitrogens with zero attached hydrogens (tertiary/aromatic N) is 4. The van der Waals surface area contributed by atoms with Crippen molar-refractivity contribution in [3.63, 3.8) is 0 Å². The van der Waals surface area contributed by atoms with Gasteiger partial charge >= 0.3 is 6.03 Å². The highest BCUT2D eigenvalue weighted by Gasteiger charge is 2.40. The van der Waals surface area contributed by atoms with Crippen molar-refractivity contribution in [1.82, 2.24) is 25.0 Å². The SMILES string of the molecule is C=CC(=O)N1C2CC=C(c3ccc(NC(=O)n4nc(Nc5ccc(C(=O)NC)cc5)nc4N)cc3)C1CC2. The summed E-state index contributed by atoms with van der Waals surface area (Å²) in [5.41, 5.74) is 9.75. The second-order valence-electron chi connectivity index (χ2n) is 9.09. The summed E-state index contributed by atoms with van der Waals surface area (Å²) in [5, 5.41) is 12.4. The molecule has 0 saturated carbocycles. The first-order valence-electron chi connectivity index (χ1n) is 12.3. The summed E-state index contributed by atoms with van der Waals surface area (Å²) in [6, 6.07) is 13.9. The first kappa shape index (κ1) is 24.8. The predicted octanol–water partition coefficient (Wildman–Crippen LogP) is 3.38. The van der Waals surface area contributed by atoms with Crippen LogP contribution >= 0.6 is 0 Å². The average molecular weight is 513 g/mol. The van der Waals surface area contributed by atoms with E-state index in [4.69, 9.17) is 5.73 Å². The summed E-state index contributed by atoms with van der Waals surface area (Å²) >= 11 is 0. The summed E-state index contributed by atoms with van der Waals surface area (Å²) < 4.78 is 0.968. The molecule has 3 aromatic rings. The van der Waals surface area contributed by atoms with Crippen LogP contribution in [0, 0.1) is 0 Å². The van der Waals surface area contributed by atoms with Crippen LogP contribution in [-0.2, 0) is 4.79 Å². The van der Waals surface area contributed by atoms with Crippen molar-refractivity contribution in [2.75, 3.05) is 23.4 Å². The minimum Gasteiger partial charge on any atom is -0.368 e. The van der Waals surface area contributed by atoms with E-state index in [-0.39, 0.29) is 35.8 Å². The lowest BCUT2D eigenvalue weighted by atomic mass is 9.94. The molecule has 11 nitrogen and oxygen atoms in total. The van der Waals surface area contributed by atoms with Crippen molar-refractivity contribution in [1.29, 1.82) is 0 Å². The topological polar surface area (TPSA) is 147 Å².